The number of methoxy groups -OCH3 is 1. The summed E-state index contributed by atoms with van der Waals surface area (Å²) in [4.78, 5) is 2.02. The number of hydrogen-bond donors (Lipinski definition) is 0. The first kappa shape index (κ1) is 9.21. The van der Waals surface area contributed by atoms with Crippen molar-refractivity contribution < 1.29 is 4.74 Å². The maximum atomic E-state index is 5.73. The van der Waals surface area contributed by atoms with Crippen LogP contribution < -0.4 is 0 Å². The Hall–Kier alpha value is 0.210. The predicted octanol–water partition coefficient (Wildman–Crippen LogP) is 1.15. The average molecular weight is 152 g/mol. The lowest BCUT2D eigenvalue weighted by molar-refractivity contribution is 0.158. The highest BCUT2D eigenvalue weighted by Crippen LogP contribution is 1.98. The molecule has 0 aromatic rings. The summed E-state index contributed by atoms with van der Waals surface area (Å²) in [7, 11) is 3.66. The van der Waals surface area contributed by atoms with Gasteiger partial charge < -0.3 is 4.74 Å². The Kier molecular flexibility index (Phi) is 5.15. The SMILES string of the molecule is COCCN(C)C(C)Cl. The molecule has 9 heavy (non-hydrogen) atoms. The van der Waals surface area contributed by atoms with E-state index in [2.05, 4.69) is 0 Å². The second kappa shape index (κ2) is 5.03. The van der Waals surface area contributed by atoms with Crippen LogP contribution in [0, 0.1) is 0 Å². The molecular weight excluding hydrogens is 138 g/mol. The van der Waals surface area contributed by atoms with E-state index < -0.39 is 0 Å². The van der Waals surface area contributed by atoms with Gasteiger partial charge in [0.25, 0.3) is 0 Å². The zero-order valence-corrected chi connectivity index (χ0v) is 6.98. The molecule has 1 unspecified atom stereocenters. The molecule has 0 saturated carbocycles. The molecule has 3 heteroatoms. The van der Waals surface area contributed by atoms with Crippen molar-refractivity contribution in [3.63, 3.8) is 0 Å². The van der Waals surface area contributed by atoms with Gasteiger partial charge in [-0.15, -0.1) is 11.6 Å². The van der Waals surface area contributed by atoms with Crippen molar-refractivity contribution in [2.45, 2.75) is 12.4 Å². The van der Waals surface area contributed by atoms with E-state index in [1.54, 1.807) is 7.11 Å². The summed E-state index contributed by atoms with van der Waals surface area (Å²) in [5.74, 6) is 0. The van der Waals surface area contributed by atoms with Crippen LogP contribution in [0.25, 0.3) is 0 Å². The number of rotatable bonds is 4. The molecule has 0 aromatic carbocycles. The molecule has 0 spiro atoms. The minimum absolute atomic E-state index is 0.0974. The highest BCUT2D eigenvalue weighted by atomic mass is 35.5. The van der Waals surface area contributed by atoms with E-state index in [4.69, 9.17) is 16.3 Å². The molecule has 0 saturated heterocycles. The summed E-state index contributed by atoms with van der Waals surface area (Å²) < 4.78 is 4.86. The Morgan fingerprint density at radius 1 is 1.67 bits per heavy atom. The Morgan fingerprint density at radius 2 is 2.22 bits per heavy atom. The number of nitrogens with zero attached hydrogens (tertiary/aromatic N) is 1. The minimum atomic E-state index is 0.0974. The molecule has 2 nitrogen and oxygen atoms in total. The van der Waals surface area contributed by atoms with Crippen LogP contribution in [0.3, 0.4) is 0 Å². The average Bonchev–Trinajstić information content (AvgIpc) is 1.82. The second-order valence-electron chi connectivity index (χ2n) is 2.05. The van der Waals surface area contributed by atoms with Crippen molar-refractivity contribution in [1.82, 2.24) is 4.90 Å². The van der Waals surface area contributed by atoms with Crippen LogP contribution in [0.1, 0.15) is 6.92 Å². The molecule has 0 heterocycles. The molecule has 56 valence electrons. The first-order valence-corrected chi connectivity index (χ1v) is 3.45. The minimum Gasteiger partial charge on any atom is -0.383 e. The first-order valence-electron chi connectivity index (χ1n) is 3.01. The molecule has 0 radical (unpaired) electrons. The lowest BCUT2D eigenvalue weighted by atomic mass is 10.5. The molecule has 0 fully saturated rings. The molecule has 0 aromatic heterocycles. The van der Waals surface area contributed by atoms with Crippen LogP contribution in [0.2, 0.25) is 0 Å². The molecular formula is C6H14ClNO. The summed E-state index contributed by atoms with van der Waals surface area (Å²) >= 11 is 5.73. The fourth-order valence-corrected chi connectivity index (χ4v) is 0.511. The molecule has 0 aliphatic heterocycles. The van der Waals surface area contributed by atoms with Crippen molar-refractivity contribution >= 4 is 11.6 Å². The maximum absolute atomic E-state index is 5.73. The lowest BCUT2D eigenvalue weighted by Crippen LogP contribution is -2.27. The van der Waals surface area contributed by atoms with Gasteiger partial charge in [0.2, 0.25) is 0 Å². The quantitative estimate of drug-likeness (QED) is 0.442. The van der Waals surface area contributed by atoms with Gasteiger partial charge in [0.1, 0.15) is 0 Å². The van der Waals surface area contributed by atoms with Crippen LogP contribution in [0.15, 0.2) is 0 Å². The summed E-state index contributed by atoms with van der Waals surface area (Å²) in [6.07, 6.45) is 0. The fourth-order valence-electron chi connectivity index (χ4n) is 0.413. The van der Waals surface area contributed by atoms with Crippen molar-refractivity contribution in [2.24, 2.45) is 0 Å². The van der Waals surface area contributed by atoms with Gasteiger partial charge >= 0.3 is 0 Å². The van der Waals surface area contributed by atoms with E-state index >= 15 is 0 Å². The lowest BCUT2D eigenvalue weighted by Gasteiger charge is -2.17. The van der Waals surface area contributed by atoms with E-state index in [0.29, 0.717) is 0 Å². The second-order valence-corrected chi connectivity index (χ2v) is 2.68. The van der Waals surface area contributed by atoms with E-state index in [9.17, 15) is 0 Å². The van der Waals surface area contributed by atoms with Gasteiger partial charge in [-0.05, 0) is 14.0 Å². The third-order valence-electron chi connectivity index (χ3n) is 1.26. The van der Waals surface area contributed by atoms with Gasteiger partial charge in [-0.25, -0.2) is 0 Å². The third-order valence-corrected chi connectivity index (χ3v) is 1.59. The van der Waals surface area contributed by atoms with Crippen molar-refractivity contribution in [2.75, 3.05) is 27.3 Å². The maximum Gasteiger partial charge on any atom is 0.0820 e. The van der Waals surface area contributed by atoms with E-state index in [-0.39, 0.29) is 5.50 Å². The molecule has 0 amide bonds. The first-order chi connectivity index (χ1) is 4.18. The largest absolute Gasteiger partial charge is 0.383 e. The standard InChI is InChI=1S/C6H14ClNO/c1-6(7)8(2)4-5-9-3/h6H,4-5H2,1-3H3. The van der Waals surface area contributed by atoms with E-state index in [0.717, 1.165) is 13.2 Å². The van der Waals surface area contributed by atoms with Crippen LogP contribution in [0.4, 0.5) is 0 Å². The molecule has 1 atom stereocenters. The van der Waals surface area contributed by atoms with Crippen LogP contribution in [-0.2, 0) is 4.74 Å². The van der Waals surface area contributed by atoms with Crippen LogP contribution >= 0.6 is 11.6 Å². The van der Waals surface area contributed by atoms with Gasteiger partial charge in [0, 0.05) is 13.7 Å². The monoisotopic (exact) mass is 151 g/mol. The molecule has 0 rings (SSSR count). The normalized spacial score (nSPS) is 14.3. The predicted molar refractivity (Wildman–Crippen MR) is 39.8 cm³/mol. The summed E-state index contributed by atoms with van der Waals surface area (Å²) in [6, 6.07) is 0. The number of hydrogen-bond acceptors (Lipinski definition) is 2. The van der Waals surface area contributed by atoms with Gasteiger partial charge in [-0.1, -0.05) is 0 Å². The zero-order valence-electron chi connectivity index (χ0n) is 6.22. The number of likely N-dealkylation sites (N-methyl/N-ethyl adjacent to an activating group) is 1. The van der Waals surface area contributed by atoms with E-state index in [1.165, 1.54) is 0 Å². The van der Waals surface area contributed by atoms with E-state index in [1.807, 2.05) is 18.9 Å². The molecule has 0 aliphatic carbocycles. The number of alkyl halides is 1. The molecule has 0 aliphatic rings. The number of ether oxygens (including phenoxy) is 1. The zero-order chi connectivity index (χ0) is 7.28. The van der Waals surface area contributed by atoms with Crippen LogP contribution in [0.5, 0.6) is 0 Å². The molecule has 0 bridgehead atoms. The van der Waals surface area contributed by atoms with Gasteiger partial charge in [-0.3, -0.25) is 4.90 Å². The van der Waals surface area contributed by atoms with Crippen molar-refractivity contribution in [3.8, 4) is 0 Å². The van der Waals surface area contributed by atoms with Gasteiger partial charge in [0.15, 0.2) is 0 Å². The van der Waals surface area contributed by atoms with Gasteiger partial charge in [0.05, 0.1) is 12.1 Å². The smallest absolute Gasteiger partial charge is 0.0820 e. The Bertz CT molecular complexity index is 68.1. The summed E-state index contributed by atoms with van der Waals surface area (Å²) in [6.45, 7) is 3.58. The fraction of sp³-hybridized carbons (Fsp3) is 1.00. The third kappa shape index (κ3) is 4.70. The summed E-state index contributed by atoms with van der Waals surface area (Å²) in [5.41, 5.74) is 0.0974. The van der Waals surface area contributed by atoms with Crippen molar-refractivity contribution in [3.05, 3.63) is 0 Å². The topological polar surface area (TPSA) is 12.5 Å². The number of halogens is 1. The Morgan fingerprint density at radius 3 is 2.56 bits per heavy atom. The molecule has 0 N–H and O–H groups in total. The van der Waals surface area contributed by atoms with Crippen molar-refractivity contribution in [1.29, 1.82) is 0 Å². The van der Waals surface area contributed by atoms with Gasteiger partial charge in [-0.2, -0.15) is 0 Å². The summed E-state index contributed by atoms with van der Waals surface area (Å²) in [5, 5.41) is 0. The Balaban J connectivity index is 3.16. The highest BCUT2D eigenvalue weighted by Gasteiger charge is 2.02. The van der Waals surface area contributed by atoms with Crippen LogP contribution in [-0.4, -0.2) is 37.7 Å². The highest BCUT2D eigenvalue weighted by molar-refractivity contribution is 6.20. The Labute approximate surface area is 61.7 Å².